The van der Waals surface area contributed by atoms with Gasteiger partial charge in [0.15, 0.2) is 0 Å². The summed E-state index contributed by atoms with van der Waals surface area (Å²) in [6.07, 6.45) is 0. The molecule has 108 valence electrons. The van der Waals surface area contributed by atoms with Crippen LogP contribution >= 0.6 is 0 Å². The van der Waals surface area contributed by atoms with E-state index in [1.54, 1.807) is 13.1 Å². The van der Waals surface area contributed by atoms with Crippen LogP contribution in [0.25, 0.3) is 0 Å². The molecule has 1 rings (SSSR count). The van der Waals surface area contributed by atoms with E-state index in [1.165, 1.54) is 0 Å². The van der Waals surface area contributed by atoms with Crippen molar-refractivity contribution in [3.63, 3.8) is 0 Å². The largest absolute Gasteiger partial charge is 0.390 e. The Morgan fingerprint density at radius 3 is 2.26 bits per heavy atom. The van der Waals surface area contributed by atoms with Crippen LogP contribution in [0, 0.1) is 0 Å². The number of hydrogen-bond acceptors (Lipinski definition) is 5. The minimum atomic E-state index is -3.17. The first kappa shape index (κ1) is 15.6. The number of aromatic nitrogens is 2. The summed E-state index contributed by atoms with van der Waals surface area (Å²) >= 11 is 0. The Morgan fingerprint density at radius 2 is 1.79 bits per heavy atom. The molecule has 19 heavy (non-hydrogen) atoms. The van der Waals surface area contributed by atoms with Crippen molar-refractivity contribution in [3.05, 3.63) is 11.9 Å². The second-order valence-corrected chi connectivity index (χ2v) is 5.33. The summed E-state index contributed by atoms with van der Waals surface area (Å²) in [5, 5.41) is 13.9. The van der Waals surface area contributed by atoms with Gasteiger partial charge in [0.2, 0.25) is 0 Å². The molecule has 0 aliphatic heterocycles. The van der Waals surface area contributed by atoms with Gasteiger partial charge < -0.3 is 15.7 Å². The maximum absolute atomic E-state index is 13.0. The third kappa shape index (κ3) is 4.59. The molecule has 0 fully saturated rings. The average molecular weight is 274 g/mol. The van der Waals surface area contributed by atoms with Gasteiger partial charge in [-0.05, 0) is 0 Å². The molecular weight excluding hydrogens is 254 g/mol. The Bertz CT molecular complexity index is 432. The van der Waals surface area contributed by atoms with Crippen LogP contribution in [0.1, 0.15) is 26.6 Å². The lowest BCUT2D eigenvalue weighted by Crippen LogP contribution is -2.31. The fraction of sp³-hybridized carbons (Fsp3) is 0.667. The van der Waals surface area contributed by atoms with Gasteiger partial charge in [0.05, 0.1) is 6.54 Å². The van der Waals surface area contributed by atoms with Crippen molar-refractivity contribution in [2.45, 2.75) is 32.1 Å². The molecule has 7 heteroatoms. The summed E-state index contributed by atoms with van der Waals surface area (Å²) in [4.78, 5) is 8.50. The molecule has 0 atom stereocenters. The molecule has 5 nitrogen and oxygen atoms in total. The smallest absolute Gasteiger partial charge is 0.287 e. The highest BCUT2D eigenvalue weighted by atomic mass is 19.3. The molecule has 0 amide bonds. The van der Waals surface area contributed by atoms with Crippen molar-refractivity contribution in [1.29, 1.82) is 0 Å². The lowest BCUT2D eigenvalue weighted by molar-refractivity contribution is -0.0373. The standard InChI is InChI=1S/C12H20F2N4O/c1-11(2,3)10-17-8(15-4)5-9(18-10)16-6-12(13,14)7-19/h5,19H,6-7H2,1-4H3,(H2,15,16,17,18). The Hall–Kier alpha value is -1.50. The van der Waals surface area contributed by atoms with Crippen LogP contribution in [0.3, 0.4) is 0 Å². The molecular formula is C12H20F2N4O. The van der Waals surface area contributed by atoms with Gasteiger partial charge in [-0.3, -0.25) is 0 Å². The monoisotopic (exact) mass is 274 g/mol. The van der Waals surface area contributed by atoms with E-state index >= 15 is 0 Å². The first-order chi connectivity index (χ1) is 8.68. The predicted molar refractivity (Wildman–Crippen MR) is 70.8 cm³/mol. The minimum Gasteiger partial charge on any atom is -0.390 e. The van der Waals surface area contributed by atoms with E-state index in [2.05, 4.69) is 20.6 Å². The second kappa shape index (κ2) is 5.64. The van der Waals surface area contributed by atoms with Crippen molar-refractivity contribution in [2.24, 2.45) is 0 Å². The van der Waals surface area contributed by atoms with E-state index in [4.69, 9.17) is 5.11 Å². The van der Waals surface area contributed by atoms with Crippen LogP contribution in [-0.4, -0.2) is 41.2 Å². The number of aliphatic hydroxyl groups is 1. The lowest BCUT2D eigenvalue weighted by Gasteiger charge is -2.20. The Balaban J connectivity index is 2.95. The maximum Gasteiger partial charge on any atom is 0.287 e. The zero-order chi connectivity index (χ0) is 14.7. The molecule has 1 heterocycles. The number of anilines is 2. The number of hydrogen-bond donors (Lipinski definition) is 3. The fourth-order valence-corrected chi connectivity index (χ4v) is 1.28. The van der Waals surface area contributed by atoms with Gasteiger partial charge in [0.1, 0.15) is 24.1 Å². The molecule has 0 aliphatic carbocycles. The van der Waals surface area contributed by atoms with Crippen LogP contribution in [-0.2, 0) is 5.41 Å². The Morgan fingerprint density at radius 1 is 1.21 bits per heavy atom. The number of aliphatic hydroxyl groups excluding tert-OH is 1. The zero-order valence-electron chi connectivity index (χ0n) is 11.6. The SMILES string of the molecule is CNc1cc(NCC(F)(F)CO)nc(C(C)(C)C)n1. The molecule has 0 unspecified atom stereocenters. The fourth-order valence-electron chi connectivity index (χ4n) is 1.28. The van der Waals surface area contributed by atoms with Gasteiger partial charge >= 0.3 is 0 Å². The predicted octanol–water partition coefficient (Wildman–Crippen LogP) is 1.86. The highest BCUT2D eigenvalue weighted by Gasteiger charge is 2.28. The van der Waals surface area contributed by atoms with Crippen molar-refractivity contribution < 1.29 is 13.9 Å². The Kier molecular flexibility index (Phi) is 4.62. The highest BCUT2D eigenvalue weighted by molar-refractivity contribution is 5.48. The summed E-state index contributed by atoms with van der Waals surface area (Å²) in [5.74, 6) is -1.77. The molecule has 0 aliphatic rings. The van der Waals surface area contributed by atoms with E-state index in [0.717, 1.165) is 0 Å². The van der Waals surface area contributed by atoms with Crippen LogP contribution in [0.15, 0.2) is 6.07 Å². The number of rotatable bonds is 5. The second-order valence-electron chi connectivity index (χ2n) is 5.33. The van der Waals surface area contributed by atoms with E-state index in [-0.39, 0.29) is 5.41 Å². The summed E-state index contributed by atoms with van der Waals surface area (Å²) in [5.41, 5.74) is -0.289. The van der Waals surface area contributed by atoms with Crippen LogP contribution in [0.5, 0.6) is 0 Å². The lowest BCUT2D eigenvalue weighted by atomic mass is 9.96. The van der Waals surface area contributed by atoms with Gasteiger partial charge in [0.25, 0.3) is 5.92 Å². The third-order valence-electron chi connectivity index (χ3n) is 2.41. The van der Waals surface area contributed by atoms with E-state index in [9.17, 15) is 8.78 Å². The summed E-state index contributed by atoms with van der Waals surface area (Å²) in [7, 11) is 1.70. The van der Waals surface area contributed by atoms with Crippen LogP contribution in [0.4, 0.5) is 20.4 Å². The number of nitrogens with one attached hydrogen (secondary N) is 2. The first-order valence-electron chi connectivity index (χ1n) is 5.98. The number of halogens is 2. The van der Waals surface area contributed by atoms with Gasteiger partial charge in [-0.15, -0.1) is 0 Å². The molecule has 0 saturated heterocycles. The summed E-state index contributed by atoms with van der Waals surface area (Å²) in [6.45, 7) is 3.94. The van der Waals surface area contributed by atoms with Gasteiger partial charge in [0, 0.05) is 18.5 Å². The number of nitrogens with zero attached hydrogens (tertiary/aromatic N) is 2. The van der Waals surface area contributed by atoms with E-state index < -0.39 is 19.1 Å². The molecule has 0 spiro atoms. The van der Waals surface area contributed by atoms with E-state index in [0.29, 0.717) is 17.5 Å². The summed E-state index contributed by atoms with van der Waals surface area (Å²) in [6, 6.07) is 1.54. The zero-order valence-corrected chi connectivity index (χ0v) is 11.6. The molecule has 1 aromatic rings. The van der Waals surface area contributed by atoms with Crippen LogP contribution < -0.4 is 10.6 Å². The minimum absolute atomic E-state index is 0.289. The average Bonchev–Trinajstić information content (AvgIpc) is 2.35. The number of alkyl halides is 2. The third-order valence-corrected chi connectivity index (χ3v) is 2.41. The molecule has 0 saturated carbocycles. The molecule has 0 radical (unpaired) electrons. The summed E-state index contributed by atoms with van der Waals surface area (Å²) < 4.78 is 26.0. The van der Waals surface area contributed by atoms with Gasteiger partial charge in [-0.2, -0.15) is 0 Å². The van der Waals surface area contributed by atoms with Gasteiger partial charge in [-0.1, -0.05) is 20.8 Å². The topological polar surface area (TPSA) is 70.1 Å². The first-order valence-corrected chi connectivity index (χ1v) is 5.98. The maximum atomic E-state index is 13.0. The van der Waals surface area contributed by atoms with Crippen molar-refractivity contribution in [1.82, 2.24) is 9.97 Å². The van der Waals surface area contributed by atoms with Crippen molar-refractivity contribution in [2.75, 3.05) is 30.8 Å². The van der Waals surface area contributed by atoms with Gasteiger partial charge in [-0.25, -0.2) is 18.7 Å². The highest BCUT2D eigenvalue weighted by Crippen LogP contribution is 2.22. The molecule has 0 bridgehead atoms. The van der Waals surface area contributed by atoms with Crippen molar-refractivity contribution in [3.8, 4) is 0 Å². The van der Waals surface area contributed by atoms with Crippen LogP contribution in [0.2, 0.25) is 0 Å². The molecule has 1 aromatic heterocycles. The van der Waals surface area contributed by atoms with E-state index in [1.807, 2.05) is 20.8 Å². The normalized spacial score (nSPS) is 12.4. The quantitative estimate of drug-likeness (QED) is 0.764. The Labute approximate surface area is 111 Å². The molecule has 0 aromatic carbocycles. The van der Waals surface area contributed by atoms with Crippen molar-refractivity contribution >= 4 is 11.6 Å². The molecule has 3 N–H and O–H groups in total.